The van der Waals surface area contributed by atoms with E-state index in [0.717, 1.165) is 5.52 Å². The monoisotopic (exact) mass is 191 g/mol. The lowest BCUT2D eigenvalue weighted by Crippen LogP contribution is -1.89. The number of nitrogens with zero attached hydrogens (tertiary/aromatic N) is 1. The van der Waals surface area contributed by atoms with E-state index >= 15 is 0 Å². The molecule has 0 fully saturated rings. The Kier molecular flexibility index (Phi) is 2.32. The maximum Gasteiger partial charge on any atom is 0.0814 e. The van der Waals surface area contributed by atoms with Crippen LogP contribution in [0.15, 0.2) is 23.7 Å². The van der Waals surface area contributed by atoms with Crippen molar-refractivity contribution in [1.82, 2.24) is 4.98 Å². The van der Waals surface area contributed by atoms with Gasteiger partial charge in [0, 0.05) is 0 Å². The predicted molar refractivity (Wildman–Crippen MR) is 58.3 cm³/mol. The van der Waals surface area contributed by atoms with Crippen LogP contribution in [0, 0.1) is 0 Å². The highest BCUT2D eigenvalue weighted by Crippen LogP contribution is 2.24. The molecule has 0 N–H and O–H groups in total. The number of rotatable bonds is 2. The molecule has 68 valence electrons. The molecule has 0 bridgehead atoms. The van der Waals surface area contributed by atoms with E-state index in [0.29, 0.717) is 5.92 Å². The second-order valence-corrected chi connectivity index (χ2v) is 4.28. The number of aromatic nitrogens is 1. The van der Waals surface area contributed by atoms with Crippen LogP contribution in [0.1, 0.15) is 31.7 Å². The highest BCUT2D eigenvalue weighted by Gasteiger charge is 2.04. The van der Waals surface area contributed by atoms with Crippen LogP contribution in [0.4, 0.5) is 0 Å². The summed E-state index contributed by atoms with van der Waals surface area (Å²) in [6, 6.07) is 6.60. The minimum Gasteiger partial charge on any atom is -0.245 e. The van der Waals surface area contributed by atoms with Crippen molar-refractivity contribution in [2.45, 2.75) is 26.2 Å². The van der Waals surface area contributed by atoms with Crippen molar-refractivity contribution in [3.63, 3.8) is 0 Å². The summed E-state index contributed by atoms with van der Waals surface area (Å²) in [7, 11) is 0. The number of hydrogen-bond acceptors (Lipinski definition) is 2. The van der Waals surface area contributed by atoms with Crippen LogP contribution >= 0.6 is 11.3 Å². The molecule has 0 amide bonds. The maximum absolute atomic E-state index is 4.31. The number of fused-ring (bicyclic) bond motifs is 1. The van der Waals surface area contributed by atoms with Crippen molar-refractivity contribution in [3.05, 3.63) is 29.3 Å². The Hall–Kier alpha value is -0.890. The zero-order valence-electron chi connectivity index (χ0n) is 7.95. The second-order valence-electron chi connectivity index (χ2n) is 3.39. The fourth-order valence-electron chi connectivity index (χ4n) is 1.42. The first-order chi connectivity index (χ1) is 6.31. The van der Waals surface area contributed by atoms with Crippen molar-refractivity contribution in [2.75, 3.05) is 0 Å². The normalized spacial score (nSPS) is 13.4. The van der Waals surface area contributed by atoms with Gasteiger partial charge in [-0.25, -0.2) is 4.98 Å². The zero-order chi connectivity index (χ0) is 9.26. The highest BCUT2D eigenvalue weighted by molar-refractivity contribution is 7.16. The molecule has 0 radical (unpaired) electrons. The van der Waals surface area contributed by atoms with E-state index in [-0.39, 0.29) is 0 Å². The molecule has 1 nitrogen and oxygen atoms in total. The summed E-state index contributed by atoms with van der Waals surface area (Å²) in [6.07, 6.45) is 1.19. The lowest BCUT2D eigenvalue weighted by atomic mass is 9.99. The van der Waals surface area contributed by atoms with Gasteiger partial charge in [0.2, 0.25) is 0 Å². The zero-order valence-corrected chi connectivity index (χ0v) is 8.77. The molecular weight excluding hydrogens is 178 g/mol. The van der Waals surface area contributed by atoms with E-state index in [9.17, 15) is 0 Å². The Morgan fingerprint density at radius 1 is 1.46 bits per heavy atom. The largest absolute Gasteiger partial charge is 0.245 e. The number of benzene rings is 1. The van der Waals surface area contributed by atoms with Gasteiger partial charge in [-0.05, 0) is 30.0 Å². The van der Waals surface area contributed by atoms with Gasteiger partial charge in [-0.2, -0.15) is 0 Å². The summed E-state index contributed by atoms with van der Waals surface area (Å²) in [5, 5.41) is 0. The van der Waals surface area contributed by atoms with E-state index in [1.807, 2.05) is 5.51 Å². The third-order valence-corrected chi connectivity index (χ3v) is 3.35. The van der Waals surface area contributed by atoms with Gasteiger partial charge in [-0.1, -0.05) is 19.9 Å². The Labute approximate surface area is 82.4 Å². The fourth-order valence-corrected chi connectivity index (χ4v) is 2.08. The summed E-state index contributed by atoms with van der Waals surface area (Å²) in [5.74, 6) is 0.645. The van der Waals surface area contributed by atoms with Crippen molar-refractivity contribution < 1.29 is 0 Å². The van der Waals surface area contributed by atoms with Gasteiger partial charge >= 0.3 is 0 Å². The Balaban J connectivity index is 2.48. The van der Waals surface area contributed by atoms with Crippen molar-refractivity contribution in [1.29, 1.82) is 0 Å². The number of hydrogen-bond donors (Lipinski definition) is 0. The summed E-state index contributed by atoms with van der Waals surface area (Å²) in [5.41, 5.74) is 4.45. The van der Waals surface area contributed by atoms with Crippen LogP contribution in [0.2, 0.25) is 0 Å². The molecule has 0 aliphatic rings. The first kappa shape index (κ1) is 8.70. The predicted octanol–water partition coefficient (Wildman–Crippen LogP) is 3.81. The third-order valence-electron chi connectivity index (χ3n) is 2.54. The van der Waals surface area contributed by atoms with Crippen LogP contribution in [-0.2, 0) is 0 Å². The molecule has 1 unspecified atom stereocenters. The standard InChI is InChI=1S/C11H13NS/c1-3-8(2)9-4-5-11-10(6-9)12-7-13-11/h4-8H,3H2,1-2H3. The fraction of sp³-hybridized carbons (Fsp3) is 0.364. The third kappa shape index (κ3) is 1.59. The maximum atomic E-state index is 4.31. The van der Waals surface area contributed by atoms with Gasteiger partial charge < -0.3 is 0 Å². The summed E-state index contributed by atoms with van der Waals surface area (Å²) >= 11 is 1.70. The Bertz CT molecular complexity index is 405. The first-order valence-electron chi connectivity index (χ1n) is 4.64. The van der Waals surface area contributed by atoms with E-state index in [1.54, 1.807) is 11.3 Å². The molecule has 0 aliphatic carbocycles. The molecule has 2 rings (SSSR count). The molecule has 1 aromatic heterocycles. The molecule has 0 aliphatic heterocycles. The molecule has 1 atom stereocenters. The molecule has 2 aromatic rings. The van der Waals surface area contributed by atoms with Gasteiger partial charge in [0.15, 0.2) is 0 Å². The van der Waals surface area contributed by atoms with Crippen LogP contribution in [0.3, 0.4) is 0 Å². The van der Waals surface area contributed by atoms with Crippen molar-refractivity contribution >= 4 is 21.6 Å². The van der Waals surface area contributed by atoms with Gasteiger partial charge in [0.25, 0.3) is 0 Å². The Morgan fingerprint density at radius 3 is 3.08 bits per heavy atom. The highest BCUT2D eigenvalue weighted by atomic mass is 32.1. The van der Waals surface area contributed by atoms with E-state index in [2.05, 4.69) is 37.0 Å². The lowest BCUT2D eigenvalue weighted by molar-refractivity contribution is 0.734. The first-order valence-corrected chi connectivity index (χ1v) is 5.52. The lowest BCUT2D eigenvalue weighted by Gasteiger charge is -2.07. The van der Waals surface area contributed by atoms with Crippen LogP contribution in [0.25, 0.3) is 10.2 Å². The molecule has 2 heteroatoms. The molecule has 0 spiro atoms. The summed E-state index contributed by atoms with van der Waals surface area (Å²) in [6.45, 7) is 4.48. The minimum atomic E-state index is 0.645. The molecule has 0 saturated heterocycles. The number of thiazole rings is 1. The summed E-state index contributed by atoms with van der Waals surface area (Å²) in [4.78, 5) is 4.31. The molecule has 1 aromatic carbocycles. The van der Waals surface area contributed by atoms with E-state index in [1.165, 1.54) is 16.7 Å². The minimum absolute atomic E-state index is 0.645. The smallest absolute Gasteiger partial charge is 0.0814 e. The molecule has 1 heterocycles. The van der Waals surface area contributed by atoms with Crippen LogP contribution in [0.5, 0.6) is 0 Å². The van der Waals surface area contributed by atoms with Crippen LogP contribution in [-0.4, -0.2) is 4.98 Å². The van der Waals surface area contributed by atoms with E-state index < -0.39 is 0 Å². The topological polar surface area (TPSA) is 12.9 Å². The molecule has 0 saturated carbocycles. The Morgan fingerprint density at radius 2 is 2.31 bits per heavy atom. The summed E-state index contributed by atoms with van der Waals surface area (Å²) < 4.78 is 1.28. The molecular formula is C11H13NS. The van der Waals surface area contributed by atoms with Crippen molar-refractivity contribution in [2.24, 2.45) is 0 Å². The average Bonchev–Trinajstić information content (AvgIpc) is 2.63. The van der Waals surface area contributed by atoms with Crippen molar-refractivity contribution in [3.8, 4) is 0 Å². The second kappa shape index (κ2) is 3.46. The SMILES string of the molecule is CCC(C)c1ccc2scnc2c1. The van der Waals surface area contributed by atoms with Gasteiger partial charge in [-0.3, -0.25) is 0 Å². The van der Waals surface area contributed by atoms with Gasteiger partial charge in [0.1, 0.15) is 0 Å². The van der Waals surface area contributed by atoms with Crippen LogP contribution < -0.4 is 0 Å². The van der Waals surface area contributed by atoms with Gasteiger partial charge in [-0.15, -0.1) is 11.3 Å². The molecule has 13 heavy (non-hydrogen) atoms. The van der Waals surface area contributed by atoms with E-state index in [4.69, 9.17) is 0 Å². The average molecular weight is 191 g/mol. The van der Waals surface area contributed by atoms with Gasteiger partial charge in [0.05, 0.1) is 15.7 Å². The quantitative estimate of drug-likeness (QED) is 0.703.